The molecule has 2 rings (SSSR count). The fourth-order valence-electron chi connectivity index (χ4n) is 2.00. The van der Waals surface area contributed by atoms with Gasteiger partial charge in [0.1, 0.15) is 16.2 Å². The van der Waals surface area contributed by atoms with Crippen LogP contribution in [0, 0.1) is 21.8 Å². The summed E-state index contributed by atoms with van der Waals surface area (Å²) in [5, 5.41) is 11.4. The van der Waals surface area contributed by atoms with Crippen LogP contribution in [0.2, 0.25) is 5.02 Å². The number of hydrogen-bond acceptors (Lipinski definition) is 3. The lowest BCUT2D eigenvalue weighted by Crippen LogP contribution is -2.05. The Balaban J connectivity index is 2.85. The molecule has 0 atom stereocenters. The molecule has 4 nitrogen and oxygen atoms in total. The molecule has 7 heteroatoms. The summed E-state index contributed by atoms with van der Waals surface area (Å²) in [6, 6.07) is 2.79. The highest BCUT2D eigenvalue weighted by atomic mass is 79.9. The highest BCUT2D eigenvalue weighted by Gasteiger charge is 2.25. The Morgan fingerprint density at radius 3 is 2.70 bits per heavy atom. The van der Waals surface area contributed by atoms with E-state index in [1.165, 1.54) is 12.1 Å². The lowest BCUT2D eigenvalue weighted by molar-refractivity contribution is -0.385. The molecule has 0 aliphatic carbocycles. The minimum absolute atomic E-state index is 0.0550. The van der Waals surface area contributed by atoms with Gasteiger partial charge in [-0.2, -0.15) is 0 Å². The van der Waals surface area contributed by atoms with Gasteiger partial charge in [-0.3, -0.25) is 10.1 Å². The van der Waals surface area contributed by atoms with Crippen molar-refractivity contribution >= 4 is 44.1 Å². The fraction of sp³-hybridized carbons (Fsp3) is 0.308. The number of aromatic nitrogens is 1. The smallest absolute Gasteiger partial charge is 0.258 e. The third-order valence-electron chi connectivity index (χ3n) is 2.78. The van der Waals surface area contributed by atoms with Crippen LogP contribution in [0.5, 0.6) is 0 Å². The Labute approximate surface area is 128 Å². The van der Waals surface area contributed by atoms with Crippen molar-refractivity contribution in [2.24, 2.45) is 5.92 Å². The summed E-state index contributed by atoms with van der Waals surface area (Å²) in [4.78, 5) is 14.8. The molecule has 0 radical (unpaired) electrons. The number of benzene rings is 1. The van der Waals surface area contributed by atoms with Gasteiger partial charge in [0, 0.05) is 9.86 Å². The van der Waals surface area contributed by atoms with Crippen molar-refractivity contribution in [1.82, 2.24) is 4.98 Å². The minimum Gasteiger partial charge on any atom is -0.258 e. The third-order valence-corrected chi connectivity index (χ3v) is 3.62. The molecule has 0 N–H and O–H groups in total. The maximum Gasteiger partial charge on any atom is 0.309 e. The van der Waals surface area contributed by atoms with Crippen LogP contribution in [-0.4, -0.2) is 9.91 Å². The first-order chi connectivity index (χ1) is 9.31. The molecule has 1 heterocycles. The van der Waals surface area contributed by atoms with Gasteiger partial charge < -0.3 is 0 Å². The van der Waals surface area contributed by atoms with Gasteiger partial charge in [0.15, 0.2) is 5.82 Å². The van der Waals surface area contributed by atoms with Gasteiger partial charge in [-0.1, -0.05) is 41.4 Å². The summed E-state index contributed by atoms with van der Waals surface area (Å²) < 4.78 is 14.4. The first kappa shape index (κ1) is 15.1. The predicted molar refractivity (Wildman–Crippen MR) is 79.6 cm³/mol. The molecule has 0 saturated heterocycles. The number of nitro groups is 1. The second-order valence-corrected chi connectivity index (χ2v) is 6.15. The topological polar surface area (TPSA) is 56.0 Å². The van der Waals surface area contributed by atoms with E-state index in [0.29, 0.717) is 10.9 Å². The van der Waals surface area contributed by atoms with E-state index in [2.05, 4.69) is 20.9 Å². The molecular formula is C13H11BrClFN2O2. The van der Waals surface area contributed by atoms with Crippen LogP contribution < -0.4 is 0 Å². The highest BCUT2D eigenvalue weighted by molar-refractivity contribution is 9.10. The number of rotatable bonds is 3. The van der Waals surface area contributed by atoms with E-state index in [1.54, 1.807) is 0 Å². The monoisotopic (exact) mass is 360 g/mol. The van der Waals surface area contributed by atoms with Crippen LogP contribution in [0.1, 0.15) is 19.5 Å². The van der Waals surface area contributed by atoms with E-state index >= 15 is 0 Å². The summed E-state index contributed by atoms with van der Waals surface area (Å²) in [6.45, 7) is 3.81. The Morgan fingerprint density at radius 2 is 2.15 bits per heavy atom. The molecule has 0 unspecified atom stereocenters. The molecule has 0 aliphatic rings. The first-order valence-electron chi connectivity index (χ1n) is 5.92. The van der Waals surface area contributed by atoms with Gasteiger partial charge in [-0.15, -0.1) is 0 Å². The van der Waals surface area contributed by atoms with Crippen LogP contribution >= 0.6 is 27.5 Å². The SMILES string of the molecule is CC(C)Cc1nc2c(F)cc(Br)cc2c(Cl)c1[N+](=O)[O-]. The van der Waals surface area contributed by atoms with Gasteiger partial charge in [0.2, 0.25) is 0 Å². The Kier molecular flexibility index (Phi) is 4.25. The molecule has 0 bridgehead atoms. The highest BCUT2D eigenvalue weighted by Crippen LogP contribution is 2.37. The van der Waals surface area contributed by atoms with E-state index < -0.39 is 10.7 Å². The predicted octanol–water partition coefficient (Wildman–Crippen LogP) is 4.90. The molecule has 0 spiro atoms. The van der Waals surface area contributed by atoms with Crippen molar-refractivity contribution in [1.29, 1.82) is 0 Å². The Morgan fingerprint density at radius 1 is 1.50 bits per heavy atom. The van der Waals surface area contributed by atoms with Crippen LogP contribution in [0.15, 0.2) is 16.6 Å². The van der Waals surface area contributed by atoms with Crippen LogP contribution in [0.4, 0.5) is 10.1 Å². The average molecular weight is 362 g/mol. The van der Waals surface area contributed by atoms with E-state index in [0.717, 1.165) is 0 Å². The summed E-state index contributed by atoms with van der Waals surface area (Å²) in [6.07, 6.45) is 0.363. The zero-order valence-electron chi connectivity index (χ0n) is 10.8. The number of halogens is 3. The molecule has 20 heavy (non-hydrogen) atoms. The lowest BCUT2D eigenvalue weighted by Gasteiger charge is -2.10. The lowest BCUT2D eigenvalue weighted by atomic mass is 10.0. The van der Waals surface area contributed by atoms with E-state index in [4.69, 9.17) is 11.6 Å². The second-order valence-electron chi connectivity index (χ2n) is 4.86. The maximum atomic E-state index is 14.0. The zero-order valence-corrected chi connectivity index (χ0v) is 13.1. The van der Waals surface area contributed by atoms with Gasteiger partial charge in [-0.25, -0.2) is 9.37 Å². The number of fused-ring (bicyclic) bond motifs is 1. The van der Waals surface area contributed by atoms with Crippen molar-refractivity contribution in [2.45, 2.75) is 20.3 Å². The standard InChI is InChI=1S/C13H11BrClFN2O2/c1-6(2)3-10-13(18(19)20)11(15)8-4-7(14)5-9(16)12(8)17-10/h4-6H,3H2,1-2H3. The van der Waals surface area contributed by atoms with Crippen molar-refractivity contribution in [3.63, 3.8) is 0 Å². The number of hydrogen-bond donors (Lipinski definition) is 0. The summed E-state index contributed by atoms with van der Waals surface area (Å²) in [7, 11) is 0. The summed E-state index contributed by atoms with van der Waals surface area (Å²) >= 11 is 9.24. The molecule has 0 fully saturated rings. The van der Waals surface area contributed by atoms with Crippen molar-refractivity contribution in [3.8, 4) is 0 Å². The van der Waals surface area contributed by atoms with Gasteiger partial charge >= 0.3 is 5.69 Å². The van der Waals surface area contributed by atoms with Crippen molar-refractivity contribution in [2.75, 3.05) is 0 Å². The van der Waals surface area contributed by atoms with E-state index in [1.807, 2.05) is 13.8 Å². The van der Waals surface area contributed by atoms with Gasteiger partial charge in [0.25, 0.3) is 0 Å². The largest absolute Gasteiger partial charge is 0.309 e. The van der Waals surface area contributed by atoms with Crippen molar-refractivity contribution in [3.05, 3.63) is 43.3 Å². The van der Waals surface area contributed by atoms with E-state index in [9.17, 15) is 14.5 Å². The molecule has 0 saturated carbocycles. The third kappa shape index (κ3) is 2.76. The number of pyridine rings is 1. The molecule has 0 aliphatic heterocycles. The Hall–Kier alpha value is -1.27. The average Bonchev–Trinajstić information content (AvgIpc) is 2.29. The summed E-state index contributed by atoms with van der Waals surface area (Å²) in [5.41, 5.74) is 0.0218. The normalized spacial score (nSPS) is 11.3. The molecule has 106 valence electrons. The van der Waals surface area contributed by atoms with Crippen LogP contribution in [0.3, 0.4) is 0 Å². The first-order valence-corrected chi connectivity index (χ1v) is 7.10. The minimum atomic E-state index is -0.564. The molecular weight excluding hydrogens is 351 g/mol. The quantitative estimate of drug-likeness (QED) is 0.577. The molecule has 1 aromatic heterocycles. The van der Waals surface area contributed by atoms with Crippen LogP contribution in [0.25, 0.3) is 10.9 Å². The summed E-state index contributed by atoms with van der Waals surface area (Å²) in [5.74, 6) is -0.413. The number of nitrogens with zero attached hydrogens (tertiary/aromatic N) is 2. The molecule has 1 aromatic carbocycles. The molecule has 0 amide bonds. The Bertz CT molecular complexity index is 707. The van der Waals surface area contributed by atoms with Crippen molar-refractivity contribution < 1.29 is 9.31 Å². The van der Waals surface area contributed by atoms with Gasteiger partial charge in [0.05, 0.1) is 4.92 Å². The maximum absolute atomic E-state index is 14.0. The zero-order chi connectivity index (χ0) is 15.0. The van der Waals surface area contributed by atoms with Crippen LogP contribution in [-0.2, 0) is 6.42 Å². The van der Waals surface area contributed by atoms with Gasteiger partial charge in [-0.05, 0) is 24.5 Å². The second kappa shape index (κ2) is 5.61. The fourth-order valence-corrected chi connectivity index (χ4v) is 2.76. The van der Waals surface area contributed by atoms with E-state index in [-0.39, 0.29) is 33.2 Å². The molecule has 2 aromatic rings.